The summed E-state index contributed by atoms with van der Waals surface area (Å²) in [6.45, 7) is 0. The zero-order chi connectivity index (χ0) is 16.7. The molecular formula is C17H12ClN3O2S. The first-order valence-corrected chi connectivity index (χ1v) is 8.37. The van der Waals surface area contributed by atoms with E-state index in [0.717, 1.165) is 28.0 Å². The Hall–Kier alpha value is -2.57. The van der Waals surface area contributed by atoms with Crippen LogP contribution >= 0.6 is 22.9 Å². The van der Waals surface area contributed by atoms with Crippen molar-refractivity contribution in [1.29, 1.82) is 0 Å². The van der Waals surface area contributed by atoms with Crippen molar-refractivity contribution in [2.24, 2.45) is 0 Å². The van der Waals surface area contributed by atoms with E-state index in [1.54, 1.807) is 16.9 Å². The normalized spacial score (nSPS) is 11.1. The molecule has 0 saturated heterocycles. The molecule has 0 aliphatic heterocycles. The van der Waals surface area contributed by atoms with Crippen molar-refractivity contribution in [3.05, 3.63) is 57.9 Å². The first-order valence-electron chi connectivity index (χ1n) is 7.17. The number of thiophene rings is 1. The van der Waals surface area contributed by atoms with Crippen LogP contribution < -0.4 is 0 Å². The number of benzene rings is 1. The summed E-state index contributed by atoms with van der Waals surface area (Å²) in [5.74, 6) is 0.433. The SMILES string of the molecule is COC(=O)c1cc(-c2ccnn2-c2cc3ccccc3[nH]2)c(Cl)s1. The van der Waals surface area contributed by atoms with Crippen LogP contribution in [0.3, 0.4) is 0 Å². The van der Waals surface area contributed by atoms with E-state index in [4.69, 9.17) is 16.3 Å². The lowest BCUT2D eigenvalue weighted by molar-refractivity contribution is 0.0606. The van der Waals surface area contributed by atoms with Gasteiger partial charge in [0.1, 0.15) is 15.0 Å². The van der Waals surface area contributed by atoms with Crippen LogP contribution in [-0.2, 0) is 4.74 Å². The Morgan fingerprint density at radius 2 is 2.12 bits per heavy atom. The van der Waals surface area contributed by atoms with Gasteiger partial charge in [-0.3, -0.25) is 0 Å². The lowest BCUT2D eigenvalue weighted by Crippen LogP contribution is -1.99. The van der Waals surface area contributed by atoms with E-state index in [1.165, 1.54) is 18.4 Å². The molecule has 5 nitrogen and oxygen atoms in total. The fourth-order valence-electron chi connectivity index (χ4n) is 2.62. The van der Waals surface area contributed by atoms with Crippen LogP contribution in [0, 0.1) is 0 Å². The number of rotatable bonds is 3. The van der Waals surface area contributed by atoms with Crippen molar-refractivity contribution in [3.8, 4) is 17.1 Å². The second kappa shape index (κ2) is 5.81. The maximum absolute atomic E-state index is 11.7. The Labute approximate surface area is 146 Å². The second-order valence-electron chi connectivity index (χ2n) is 5.16. The molecule has 4 aromatic rings. The van der Waals surface area contributed by atoms with Crippen LogP contribution in [-0.4, -0.2) is 27.8 Å². The van der Waals surface area contributed by atoms with Gasteiger partial charge in [0, 0.05) is 16.5 Å². The highest BCUT2D eigenvalue weighted by atomic mass is 35.5. The van der Waals surface area contributed by atoms with E-state index in [2.05, 4.69) is 10.1 Å². The molecule has 3 heterocycles. The van der Waals surface area contributed by atoms with E-state index < -0.39 is 5.97 Å². The average Bonchev–Trinajstić information content (AvgIpc) is 3.30. The number of nitrogens with one attached hydrogen (secondary N) is 1. The molecule has 0 unspecified atom stereocenters. The number of H-pyrrole nitrogens is 1. The number of carbonyl (C=O) groups is 1. The number of carbonyl (C=O) groups excluding carboxylic acids is 1. The van der Waals surface area contributed by atoms with E-state index in [0.29, 0.717) is 9.21 Å². The van der Waals surface area contributed by atoms with Crippen molar-refractivity contribution < 1.29 is 9.53 Å². The number of aromatic amines is 1. The number of hydrogen-bond donors (Lipinski definition) is 1. The molecule has 4 rings (SSSR count). The number of halogens is 1. The number of fused-ring (bicyclic) bond motifs is 1. The summed E-state index contributed by atoms with van der Waals surface area (Å²) >= 11 is 7.53. The molecule has 0 radical (unpaired) electrons. The van der Waals surface area contributed by atoms with Crippen LogP contribution in [0.4, 0.5) is 0 Å². The topological polar surface area (TPSA) is 59.9 Å². The molecule has 0 atom stereocenters. The molecule has 0 saturated carbocycles. The standard InChI is InChI=1S/C17H12ClN3O2S/c1-23-17(22)14-9-11(16(18)24-14)13-6-7-19-21(13)15-8-10-4-2-3-5-12(10)20-15/h2-9,20H,1H3. The molecule has 120 valence electrons. The van der Waals surface area contributed by atoms with Gasteiger partial charge in [0.05, 0.1) is 19.0 Å². The summed E-state index contributed by atoms with van der Waals surface area (Å²) in [6, 6.07) is 13.6. The Morgan fingerprint density at radius 3 is 2.92 bits per heavy atom. The fraction of sp³-hybridized carbons (Fsp3) is 0.0588. The minimum absolute atomic E-state index is 0.398. The van der Waals surface area contributed by atoms with Gasteiger partial charge >= 0.3 is 5.97 Å². The highest BCUT2D eigenvalue weighted by molar-refractivity contribution is 7.18. The third kappa shape index (κ3) is 2.40. The molecule has 1 N–H and O–H groups in total. The second-order valence-corrected chi connectivity index (χ2v) is 6.81. The molecule has 0 spiro atoms. The molecule has 1 aromatic carbocycles. The van der Waals surface area contributed by atoms with Crippen molar-refractivity contribution in [2.75, 3.05) is 7.11 Å². The first kappa shape index (κ1) is 15.0. The van der Waals surface area contributed by atoms with Crippen LogP contribution in [0.1, 0.15) is 9.67 Å². The quantitative estimate of drug-likeness (QED) is 0.548. The van der Waals surface area contributed by atoms with Crippen molar-refractivity contribution >= 4 is 39.8 Å². The third-order valence-corrected chi connectivity index (χ3v) is 5.07. The van der Waals surface area contributed by atoms with Gasteiger partial charge in [0.25, 0.3) is 0 Å². The van der Waals surface area contributed by atoms with Gasteiger partial charge in [0.15, 0.2) is 0 Å². The smallest absolute Gasteiger partial charge is 0.348 e. The van der Waals surface area contributed by atoms with Gasteiger partial charge < -0.3 is 9.72 Å². The molecule has 3 aromatic heterocycles. The zero-order valence-corrected chi connectivity index (χ0v) is 14.2. The highest BCUT2D eigenvalue weighted by Gasteiger charge is 2.19. The number of methoxy groups -OCH3 is 1. The zero-order valence-electron chi connectivity index (χ0n) is 12.6. The summed E-state index contributed by atoms with van der Waals surface area (Å²) in [5.41, 5.74) is 2.58. The molecule has 0 aliphatic carbocycles. The maximum Gasteiger partial charge on any atom is 0.348 e. The predicted molar refractivity (Wildman–Crippen MR) is 95.1 cm³/mol. The summed E-state index contributed by atoms with van der Waals surface area (Å²) in [6.07, 6.45) is 1.70. The molecule has 0 bridgehead atoms. The predicted octanol–water partition coefficient (Wildman–Crippen LogP) is 4.52. The van der Waals surface area contributed by atoms with Crippen LogP contribution in [0.5, 0.6) is 0 Å². The number of hydrogen-bond acceptors (Lipinski definition) is 4. The number of aromatic nitrogens is 3. The minimum Gasteiger partial charge on any atom is -0.465 e. The van der Waals surface area contributed by atoms with Crippen LogP contribution in [0.2, 0.25) is 4.34 Å². The number of para-hydroxylation sites is 1. The van der Waals surface area contributed by atoms with Gasteiger partial charge in [0.2, 0.25) is 0 Å². The van der Waals surface area contributed by atoms with E-state index >= 15 is 0 Å². The first-order chi connectivity index (χ1) is 11.7. The average molecular weight is 358 g/mol. The third-order valence-electron chi connectivity index (χ3n) is 3.74. The maximum atomic E-state index is 11.7. The van der Waals surface area contributed by atoms with Gasteiger partial charge in [-0.2, -0.15) is 5.10 Å². The fourth-order valence-corrected chi connectivity index (χ4v) is 3.83. The molecule has 7 heteroatoms. The van der Waals surface area contributed by atoms with Gasteiger partial charge in [-0.15, -0.1) is 11.3 Å². The number of nitrogens with zero attached hydrogens (tertiary/aromatic N) is 2. The Morgan fingerprint density at radius 1 is 1.29 bits per heavy atom. The lowest BCUT2D eigenvalue weighted by atomic mass is 10.2. The number of esters is 1. The number of ether oxygens (including phenoxy) is 1. The minimum atomic E-state index is -0.398. The van der Waals surface area contributed by atoms with E-state index in [-0.39, 0.29) is 0 Å². The molecule has 0 fully saturated rings. The van der Waals surface area contributed by atoms with Crippen LogP contribution in [0.25, 0.3) is 28.0 Å². The summed E-state index contributed by atoms with van der Waals surface area (Å²) in [4.78, 5) is 15.5. The highest BCUT2D eigenvalue weighted by Crippen LogP contribution is 2.36. The Bertz CT molecular complexity index is 1010. The largest absolute Gasteiger partial charge is 0.465 e. The van der Waals surface area contributed by atoms with Gasteiger partial charge in [-0.25, -0.2) is 9.48 Å². The van der Waals surface area contributed by atoms with Gasteiger partial charge in [-0.05, 0) is 24.3 Å². The van der Waals surface area contributed by atoms with Crippen molar-refractivity contribution in [3.63, 3.8) is 0 Å². The molecule has 0 amide bonds. The van der Waals surface area contributed by atoms with E-state index in [1.807, 2.05) is 36.4 Å². The molecule has 0 aliphatic rings. The monoisotopic (exact) mass is 357 g/mol. The summed E-state index contributed by atoms with van der Waals surface area (Å²) in [7, 11) is 1.35. The van der Waals surface area contributed by atoms with Crippen molar-refractivity contribution in [1.82, 2.24) is 14.8 Å². The summed E-state index contributed by atoms with van der Waals surface area (Å²) in [5, 5.41) is 5.49. The Kier molecular flexibility index (Phi) is 3.63. The molecule has 24 heavy (non-hydrogen) atoms. The van der Waals surface area contributed by atoms with Crippen molar-refractivity contribution in [2.45, 2.75) is 0 Å². The Balaban J connectivity index is 1.83. The van der Waals surface area contributed by atoms with Gasteiger partial charge in [-0.1, -0.05) is 29.8 Å². The van der Waals surface area contributed by atoms with Crippen LogP contribution in [0.15, 0.2) is 48.7 Å². The molecular weight excluding hydrogens is 346 g/mol. The summed E-state index contributed by atoms with van der Waals surface area (Å²) < 4.78 is 7.06. The van der Waals surface area contributed by atoms with E-state index in [9.17, 15) is 4.79 Å². The lowest BCUT2D eigenvalue weighted by Gasteiger charge is -2.04.